The molecule has 0 atom stereocenters. The van der Waals surface area contributed by atoms with Gasteiger partial charge in [0.05, 0.1) is 27.9 Å². The zero-order valence-corrected chi connectivity index (χ0v) is 17.4. The van der Waals surface area contributed by atoms with E-state index in [1.807, 2.05) is 25.1 Å². The van der Waals surface area contributed by atoms with Gasteiger partial charge < -0.3 is 15.4 Å². The maximum absolute atomic E-state index is 11.8. The summed E-state index contributed by atoms with van der Waals surface area (Å²) >= 11 is 7.43. The molecule has 0 radical (unpaired) electrons. The highest BCUT2D eigenvalue weighted by Crippen LogP contribution is 2.37. The maximum atomic E-state index is 11.8. The van der Waals surface area contributed by atoms with E-state index in [1.54, 1.807) is 18.2 Å². The summed E-state index contributed by atoms with van der Waals surface area (Å²) in [6.07, 6.45) is 1.23. The van der Waals surface area contributed by atoms with Crippen LogP contribution in [0.2, 0.25) is 5.02 Å². The van der Waals surface area contributed by atoms with E-state index in [-0.39, 0.29) is 17.3 Å². The first kappa shape index (κ1) is 19.8. The van der Waals surface area contributed by atoms with Gasteiger partial charge in [-0.05, 0) is 42.8 Å². The monoisotopic (exact) mass is 442 g/mol. The molecule has 2 heterocycles. The second-order valence-corrected chi connectivity index (χ2v) is 7.73. The number of thiazole rings is 1. The van der Waals surface area contributed by atoms with E-state index in [1.165, 1.54) is 24.8 Å². The van der Waals surface area contributed by atoms with Crippen molar-refractivity contribution in [3.63, 3.8) is 0 Å². The predicted molar refractivity (Wildman–Crippen MR) is 118 cm³/mol. The van der Waals surface area contributed by atoms with Gasteiger partial charge in [0, 0.05) is 5.02 Å². The van der Waals surface area contributed by atoms with Gasteiger partial charge in [-0.25, -0.2) is 15.0 Å². The fourth-order valence-electron chi connectivity index (χ4n) is 2.83. The average molecular weight is 443 g/mol. The minimum absolute atomic E-state index is 0.00461. The van der Waals surface area contributed by atoms with Crippen molar-refractivity contribution < 1.29 is 9.66 Å². The van der Waals surface area contributed by atoms with E-state index in [9.17, 15) is 10.1 Å². The quantitative estimate of drug-likeness (QED) is 0.299. The van der Waals surface area contributed by atoms with Crippen LogP contribution in [0.3, 0.4) is 0 Å². The molecule has 4 aromatic rings. The molecule has 4 rings (SSSR count). The fraction of sp³-hybridized carbons (Fsp3) is 0.105. The molecule has 9 nitrogen and oxygen atoms in total. The highest BCUT2D eigenvalue weighted by atomic mass is 35.5. The molecular weight excluding hydrogens is 428 g/mol. The average Bonchev–Trinajstić information content (AvgIpc) is 3.09. The molecule has 0 amide bonds. The molecule has 11 heteroatoms. The van der Waals surface area contributed by atoms with Gasteiger partial charge in [-0.15, -0.1) is 0 Å². The van der Waals surface area contributed by atoms with Crippen molar-refractivity contribution in [1.82, 2.24) is 15.0 Å². The minimum Gasteiger partial charge on any atom is -0.495 e. The zero-order valence-electron chi connectivity index (χ0n) is 15.8. The fourth-order valence-corrected chi connectivity index (χ4v) is 3.96. The largest absolute Gasteiger partial charge is 0.495 e. The number of nitrogens with one attached hydrogen (secondary N) is 2. The number of methoxy groups -OCH3 is 1. The molecule has 0 fully saturated rings. The zero-order chi connectivity index (χ0) is 21.3. The number of hydrogen-bond acceptors (Lipinski definition) is 9. The number of nitro groups is 1. The summed E-state index contributed by atoms with van der Waals surface area (Å²) in [6.45, 7) is 1.99. The van der Waals surface area contributed by atoms with Crippen molar-refractivity contribution in [2.24, 2.45) is 0 Å². The van der Waals surface area contributed by atoms with E-state index >= 15 is 0 Å². The first-order chi connectivity index (χ1) is 14.4. The Morgan fingerprint density at radius 2 is 1.90 bits per heavy atom. The first-order valence-electron chi connectivity index (χ1n) is 8.69. The second-order valence-electron chi connectivity index (χ2n) is 6.26. The van der Waals surface area contributed by atoms with Crippen LogP contribution >= 0.6 is 22.9 Å². The molecule has 0 spiro atoms. The number of aromatic nitrogens is 3. The Kier molecular flexibility index (Phi) is 5.34. The molecule has 0 aliphatic rings. The predicted octanol–water partition coefficient (Wildman–Crippen LogP) is 5.45. The lowest BCUT2D eigenvalue weighted by Gasteiger charge is -2.12. The van der Waals surface area contributed by atoms with Crippen molar-refractivity contribution in [1.29, 1.82) is 0 Å². The molecule has 2 N–H and O–H groups in total. The Labute approximate surface area is 179 Å². The molecule has 0 saturated carbocycles. The lowest BCUT2D eigenvalue weighted by molar-refractivity contribution is -0.383. The van der Waals surface area contributed by atoms with Gasteiger partial charge in [0.2, 0.25) is 11.6 Å². The number of aryl methyl sites for hydroxylation is 1. The van der Waals surface area contributed by atoms with Gasteiger partial charge in [0.1, 0.15) is 12.1 Å². The normalized spacial score (nSPS) is 10.8. The summed E-state index contributed by atoms with van der Waals surface area (Å²) in [6, 6.07) is 10.8. The Hall–Kier alpha value is -3.50. The minimum atomic E-state index is -0.556. The summed E-state index contributed by atoms with van der Waals surface area (Å²) in [5, 5.41) is 18.6. The summed E-state index contributed by atoms with van der Waals surface area (Å²) < 4.78 is 6.25. The topological polar surface area (TPSA) is 115 Å². The number of fused-ring (bicyclic) bond motifs is 1. The van der Waals surface area contributed by atoms with Gasteiger partial charge in [-0.3, -0.25) is 10.1 Å². The van der Waals surface area contributed by atoms with E-state index in [2.05, 4.69) is 25.6 Å². The van der Waals surface area contributed by atoms with Gasteiger partial charge in [-0.1, -0.05) is 29.0 Å². The van der Waals surface area contributed by atoms with Crippen LogP contribution in [0.25, 0.3) is 10.2 Å². The molecule has 152 valence electrons. The van der Waals surface area contributed by atoms with Gasteiger partial charge in [0.15, 0.2) is 5.13 Å². The van der Waals surface area contributed by atoms with Crippen LogP contribution in [-0.2, 0) is 0 Å². The Morgan fingerprint density at radius 1 is 1.13 bits per heavy atom. The van der Waals surface area contributed by atoms with Crippen molar-refractivity contribution >= 4 is 61.3 Å². The number of rotatable bonds is 6. The molecule has 0 aliphatic heterocycles. The highest BCUT2D eigenvalue weighted by molar-refractivity contribution is 7.22. The van der Waals surface area contributed by atoms with Crippen LogP contribution in [0, 0.1) is 17.0 Å². The molecule has 30 heavy (non-hydrogen) atoms. The van der Waals surface area contributed by atoms with Crippen molar-refractivity contribution in [3.8, 4) is 5.75 Å². The third-order valence-corrected chi connectivity index (χ3v) is 5.36. The number of benzene rings is 2. The smallest absolute Gasteiger partial charge is 0.353 e. The summed E-state index contributed by atoms with van der Waals surface area (Å²) in [5.41, 5.74) is 2.02. The third kappa shape index (κ3) is 3.95. The van der Waals surface area contributed by atoms with Gasteiger partial charge in [-0.2, -0.15) is 0 Å². The Bertz CT molecular complexity index is 1260. The third-order valence-electron chi connectivity index (χ3n) is 4.19. The summed E-state index contributed by atoms with van der Waals surface area (Å²) in [5.74, 6) is 0.479. The van der Waals surface area contributed by atoms with Gasteiger partial charge in [0.25, 0.3) is 0 Å². The number of halogens is 1. The molecule has 0 unspecified atom stereocenters. The number of ether oxygens (including phenoxy) is 1. The van der Waals surface area contributed by atoms with Gasteiger partial charge >= 0.3 is 5.69 Å². The van der Waals surface area contributed by atoms with E-state index < -0.39 is 4.92 Å². The lowest BCUT2D eigenvalue weighted by atomic mass is 10.2. The standard InChI is InChI=1S/C19H15ClN6O3S/c1-10-3-5-12-15(7-10)30-19(24-12)25-18-16(26(27)28)17(21-9-22-18)23-13-8-11(20)4-6-14(13)29-2/h3-9H,1-2H3,(H2,21,22,23,24,25). The highest BCUT2D eigenvalue weighted by Gasteiger charge is 2.25. The first-order valence-corrected chi connectivity index (χ1v) is 9.88. The van der Waals surface area contributed by atoms with Crippen LogP contribution in [0.5, 0.6) is 5.75 Å². The van der Waals surface area contributed by atoms with Crippen molar-refractivity contribution in [2.75, 3.05) is 17.7 Å². The molecule has 0 bridgehead atoms. The Morgan fingerprint density at radius 3 is 2.63 bits per heavy atom. The second kappa shape index (κ2) is 8.09. The number of hydrogen-bond donors (Lipinski definition) is 2. The number of nitrogens with zero attached hydrogens (tertiary/aromatic N) is 4. The summed E-state index contributed by atoms with van der Waals surface area (Å²) in [7, 11) is 1.49. The van der Waals surface area contributed by atoms with E-state index in [0.717, 1.165) is 15.8 Å². The molecule has 2 aromatic carbocycles. The lowest BCUT2D eigenvalue weighted by Crippen LogP contribution is -2.06. The Balaban J connectivity index is 1.72. The van der Waals surface area contributed by atoms with Crippen LogP contribution in [0.1, 0.15) is 5.56 Å². The van der Waals surface area contributed by atoms with Crippen molar-refractivity contribution in [2.45, 2.75) is 6.92 Å². The van der Waals surface area contributed by atoms with Crippen LogP contribution < -0.4 is 15.4 Å². The molecule has 0 aliphatic carbocycles. The van der Waals surface area contributed by atoms with Crippen LogP contribution in [0.15, 0.2) is 42.7 Å². The summed E-state index contributed by atoms with van der Waals surface area (Å²) in [4.78, 5) is 23.8. The SMILES string of the molecule is COc1ccc(Cl)cc1Nc1ncnc(Nc2nc3ccc(C)cc3s2)c1[N+](=O)[O-]. The van der Waals surface area contributed by atoms with E-state index in [4.69, 9.17) is 16.3 Å². The maximum Gasteiger partial charge on any atom is 0.353 e. The van der Waals surface area contributed by atoms with Crippen LogP contribution in [0.4, 0.5) is 28.1 Å². The van der Waals surface area contributed by atoms with Crippen molar-refractivity contribution in [3.05, 3.63) is 63.4 Å². The molecule has 0 saturated heterocycles. The molecule has 2 aromatic heterocycles. The van der Waals surface area contributed by atoms with Crippen LogP contribution in [-0.4, -0.2) is 27.0 Å². The number of anilines is 4. The molecular formula is C19H15ClN6O3S. The van der Waals surface area contributed by atoms with E-state index in [0.29, 0.717) is 21.6 Å².